The average Bonchev–Trinajstić information content (AvgIpc) is 2.44. The first kappa shape index (κ1) is 18.4. The summed E-state index contributed by atoms with van der Waals surface area (Å²) < 4.78 is 37.5. The van der Waals surface area contributed by atoms with Crippen molar-refractivity contribution in [1.82, 2.24) is 0 Å². The van der Waals surface area contributed by atoms with Crippen LogP contribution in [0.4, 0.5) is 0 Å². The molecule has 2 aromatic rings. The van der Waals surface area contributed by atoms with Crippen LogP contribution in [0.25, 0.3) is 6.08 Å². The fourth-order valence-electron chi connectivity index (χ4n) is 1.72. The molecule has 2 rings (SSSR count). The van der Waals surface area contributed by atoms with Crippen LogP contribution in [0.1, 0.15) is 5.56 Å². The number of carbonyl (C=O) groups is 1. The van der Waals surface area contributed by atoms with Gasteiger partial charge in [-0.15, -0.1) is 0 Å². The van der Waals surface area contributed by atoms with Gasteiger partial charge in [-0.3, -0.25) is 4.55 Å². The van der Waals surface area contributed by atoms with Crippen molar-refractivity contribution in [3.8, 4) is 5.75 Å². The Labute approximate surface area is 160 Å². The molecule has 0 amide bonds. The van der Waals surface area contributed by atoms with Gasteiger partial charge in [-0.2, -0.15) is 8.42 Å². The van der Waals surface area contributed by atoms with E-state index in [1.165, 1.54) is 18.2 Å². The largest absolute Gasteiger partial charge is 0.423 e. The lowest BCUT2D eigenvalue weighted by Gasteiger charge is -2.07. The van der Waals surface area contributed by atoms with E-state index in [2.05, 4.69) is 0 Å². The van der Waals surface area contributed by atoms with E-state index in [0.29, 0.717) is 0 Å². The predicted molar refractivity (Wildman–Crippen MR) is 103 cm³/mol. The minimum atomic E-state index is -4.33. The van der Waals surface area contributed by atoms with Crippen molar-refractivity contribution in [2.75, 3.05) is 0 Å². The van der Waals surface area contributed by atoms with Gasteiger partial charge in [-0.05, 0) is 69.0 Å². The number of carbonyl (C=O) groups excluding carboxylic acids is 1. The molecule has 0 saturated carbocycles. The van der Waals surface area contributed by atoms with Crippen molar-refractivity contribution in [3.63, 3.8) is 0 Å². The number of hydrogen-bond donors (Lipinski definition) is 1. The lowest BCUT2D eigenvalue weighted by atomic mass is 10.2. The average molecular weight is 556 g/mol. The molecular weight excluding hydrogens is 546 g/mol. The maximum Gasteiger partial charge on any atom is 0.336 e. The van der Waals surface area contributed by atoms with E-state index in [1.807, 2.05) is 30.3 Å². The zero-order valence-corrected chi connectivity index (χ0v) is 16.6. The van der Waals surface area contributed by atoms with Crippen molar-refractivity contribution >= 4 is 67.3 Å². The maximum atomic E-state index is 11.8. The summed E-state index contributed by atoms with van der Waals surface area (Å²) in [4.78, 5) is 11.6. The molecule has 1 N–H and O–H groups in total. The molecule has 0 fully saturated rings. The molecule has 0 aromatic heterocycles. The van der Waals surface area contributed by atoms with Gasteiger partial charge in [0.05, 0.1) is 0 Å². The molecule has 2 aromatic carbocycles. The van der Waals surface area contributed by atoms with E-state index < -0.39 is 16.1 Å². The van der Waals surface area contributed by atoms with Gasteiger partial charge in [0, 0.05) is 13.2 Å². The number of rotatable bonds is 4. The van der Waals surface area contributed by atoms with E-state index in [1.54, 1.807) is 51.3 Å². The quantitative estimate of drug-likeness (QED) is 0.204. The van der Waals surface area contributed by atoms with Gasteiger partial charge in [0.15, 0.2) is 0 Å². The summed E-state index contributed by atoms with van der Waals surface area (Å²) in [6.45, 7) is 0. The molecule has 0 saturated heterocycles. The molecule has 0 aliphatic rings. The van der Waals surface area contributed by atoms with E-state index in [0.717, 1.165) is 5.56 Å². The van der Waals surface area contributed by atoms with Crippen LogP contribution >= 0.6 is 45.2 Å². The second-order valence-corrected chi connectivity index (χ2v) is 8.04. The Morgan fingerprint density at radius 3 is 2.17 bits per heavy atom. The smallest absolute Gasteiger partial charge is 0.336 e. The lowest BCUT2D eigenvalue weighted by molar-refractivity contribution is -0.128. The second kappa shape index (κ2) is 7.73. The zero-order valence-electron chi connectivity index (χ0n) is 11.4. The van der Waals surface area contributed by atoms with Gasteiger partial charge in [-0.25, -0.2) is 4.79 Å². The fourth-order valence-corrected chi connectivity index (χ4v) is 5.71. The Hall–Kier alpha value is -0.980. The maximum absolute atomic E-state index is 11.8. The number of esters is 1. The third-order valence-corrected chi connectivity index (χ3v) is 6.05. The second-order valence-electron chi connectivity index (χ2n) is 4.36. The summed E-state index contributed by atoms with van der Waals surface area (Å²) in [6.07, 6.45) is 2.90. The first-order valence-electron chi connectivity index (χ1n) is 6.19. The van der Waals surface area contributed by atoms with Crippen LogP contribution in [0.5, 0.6) is 5.75 Å². The fraction of sp³-hybridized carbons (Fsp3) is 0. The molecule has 0 atom stereocenters. The number of benzene rings is 2. The Balaban J connectivity index is 2.18. The Morgan fingerprint density at radius 2 is 1.65 bits per heavy atom. The molecule has 0 aliphatic carbocycles. The summed E-state index contributed by atoms with van der Waals surface area (Å²) in [6, 6.07) is 12.0. The van der Waals surface area contributed by atoms with Crippen molar-refractivity contribution in [2.45, 2.75) is 4.90 Å². The third-order valence-electron chi connectivity index (χ3n) is 2.66. The number of ether oxygens (including phenoxy) is 1. The van der Waals surface area contributed by atoms with Gasteiger partial charge < -0.3 is 4.74 Å². The van der Waals surface area contributed by atoms with Gasteiger partial charge >= 0.3 is 5.97 Å². The highest BCUT2D eigenvalue weighted by Gasteiger charge is 2.20. The van der Waals surface area contributed by atoms with Gasteiger partial charge in [-0.1, -0.05) is 30.3 Å². The highest BCUT2D eigenvalue weighted by Crippen LogP contribution is 2.29. The minimum Gasteiger partial charge on any atom is -0.423 e. The van der Waals surface area contributed by atoms with Crippen LogP contribution in [-0.2, 0) is 14.9 Å². The van der Waals surface area contributed by atoms with Crippen molar-refractivity contribution in [3.05, 3.63) is 61.2 Å². The van der Waals surface area contributed by atoms with Crippen LogP contribution in [0.2, 0.25) is 0 Å². The highest BCUT2D eigenvalue weighted by atomic mass is 127. The topological polar surface area (TPSA) is 80.7 Å². The normalized spacial score (nSPS) is 11.6. The molecule has 0 aliphatic heterocycles. The molecule has 0 heterocycles. The van der Waals surface area contributed by atoms with E-state index >= 15 is 0 Å². The molecule has 0 bridgehead atoms. The Morgan fingerprint density at radius 1 is 1.09 bits per heavy atom. The van der Waals surface area contributed by atoms with Crippen LogP contribution in [0.3, 0.4) is 0 Å². The van der Waals surface area contributed by atoms with Gasteiger partial charge in [0.2, 0.25) is 0 Å². The van der Waals surface area contributed by atoms with E-state index in [-0.39, 0.29) is 17.8 Å². The third kappa shape index (κ3) is 5.26. The minimum absolute atomic E-state index is 0.196. The Bertz CT molecular complexity index is 838. The SMILES string of the molecule is O=C(/C=C/c1ccccc1)Oc1cc(I)c(S(=O)(=O)O)c(I)c1. The van der Waals surface area contributed by atoms with Crippen molar-refractivity contribution in [2.24, 2.45) is 0 Å². The summed E-state index contributed by atoms with van der Waals surface area (Å²) in [7, 11) is -4.33. The molecule has 23 heavy (non-hydrogen) atoms. The lowest BCUT2D eigenvalue weighted by Crippen LogP contribution is -2.07. The highest BCUT2D eigenvalue weighted by molar-refractivity contribution is 14.1. The van der Waals surface area contributed by atoms with Crippen molar-refractivity contribution < 1.29 is 22.5 Å². The van der Waals surface area contributed by atoms with Crippen molar-refractivity contribution in [1.29, 1.82) is 0 Å². The number of hydrogen-bond acceptors (Lipinski definition) is 4. The predicted octanol–water partition coefficient (Wildman–Crippen LogP) is 3.76. The summed E-state index contributed by atoms with van der Waals surface area (Å²) in [5.74, 6) is -0.381. The van der Waals surface area contributed by atoms with Gasteiger partial charge in [0.25, 0.3) is 10.1 Å². The van der Waals surface area contributed by atoms with Crippen LogP contribution < -0.4 is 4.74 Å². The zero-order chi connectivity index (χ0) is 17.0. The molecule has 5 nitrogen and oxygen atoms in total. The Kier molecular flexibility index (Phi) is 6.17. The number of halogens is 2. The molecule has 0 unspecified atom stereocenters. The first-order valence-corrected chi connectivity index (χ1v) is 9.78. The molecule has 8 heteroatoms. The van der Waals surface area contributed by atoms with Crippen LogP contribution in [0, 0.1) is 7.14 Å². The van der Waals surface area contributed by atoms with Crippen LogP contribution in [-0.4, -0.2) is 18.9 Å². The molecule has 120 valence electrons. The van der Waals surface area contributed by atoms with E-state index in [9.17, 15) is 17.8 Å². The molecule has 0 spiro atoms. The first-order chi connectivity index (χ1) is 10.8. The summed E-state index contributed by atoms with van der Waals surface area (Å²) in [5, 5.41) is 0. The summed E-state index contributed by atoms with van der Waals surface area (Å²) in [5.41, 5.74) is 0.857. The van der Waals surface area contributed by atoms with Crippen LogP contribution in [0.15, 0.2) is 53.4 Å². The monoisotopic (exact) mass is 556 g/mol. The standard InChI is InChI=1S/C15H10I2O5S/c16-12-8-11(9-13(17)15(12)23(19,20)21)22-14(18)7-6-10-4-2-1-3-5-10/h1-9H,(H,19,20,21)/b7-6+. The molecule has 0 radical (unpaired) electrons. The summed E-state index contributed by atoms with van der Waals surface area (Å²) >= 11 is 3.52. The molecular formula is C15H10I2O5S. The van der Waals surface area contributed by atoms with Gasteiger partial charge in [0.1, 0.15) is 10.6 Å². The van der Waals surface area contributed by atoms with E-state index in [4.69, 9.17) is 4.74 Å².